The number of rotatable bonds is 6. The molecule has 138 valence electrons. The van der Waals surface area contributed by atoms with Gasteiger partial charge in [-0.15, -0.1) is 0 Å². The van der Waals surface area contributed by atoms with Crippen LogP contribution in [0.2, 0.25) is 0 Å². The van der Waals surface area contributed by atoms with Crippen LogP contribution in [0.15, 0.2) is 12.1 Å². The third-order valence-electron chi connectivity index (χ3n) is 5.91. The molecule has 1 saturated carbocycles. The first-order valence-electron chi connectivity index (χ1n) is 9.78. The maximum Gasteiger partial charge on any atom is 0.314 e. The van der Waals surface area contributed by atoms with E-state index in [-0.39, 0.29) is 23.4 Å². The second-order valence-corrected chi connectivity index (χ2v) is 7.49. The SMILES string of the molecule is CCOc1ccc2c(c1F)OC(=O)C(CCC1CCC(CC)CC1)C2. The van der Waals surface area contributed by atoms with Crippen LogP contribution < -0.4 is 9.47 Å². The van der Waals surface area contributed by atoms with Crippen molar-refractivity contribution in [2.45, 2.75) is 65.2 Å². The van der Waals surface area contributed by atoms with E-state index in [2.05, 4.69) is 6.92 Å². The fraction of sp³-hybridized carbons (Fsp3) is 0.667. The van der Waals surface area contributed by atoms with Crippen LogP contribution in [-0.2, 0) is 11.2 Å². The highest BCUT2D eigenvalue weighted by Crippen LogP contribution is 2.38. The van der Waals surface area contributed by atoms with E-state index in [1.165, 1.54) is 32.1 Å². The van der Waals surface area contributed by atoms with E-state index < -0.39 is 5.82 Å². The maximum atomic E-state index is 14.4. The standard InChI is InChI=1S/C21H29FO3/c1-3-14-5-7-15(8-6-14)9-10-17-13-16-11-12-18(24-4-2)19(22)20(16)25-21(17)23/h11-12,14-15,17H,3-10,13H2,1-2H3. The number of ether oxygens (including phenoxy) is 2. The van der Waals surface area contributed by atoms with Crippen LogP contribution in [0, 0.1) is 23.6 Å². The van der Waals surface area contributed by atoms with E-state index in [0.717, 1.165) is 30.2 Å². The van der Waals surface area contributed by atoms with Gasteiger partial charge in [-0.2, -0.15) is 4.39 Å². The summed E-state index contributed by atoms with van der Waals surface area (Å²) in [5, 5.41) is 0. The molecule has 1 aromatic carbocycles. The number of hydrogen-bond acceptors (Lipinski definition) is 3. The highest BCUT2D eigenvalue weighted by Gasteiger charge is 2.32. The number of fused-ring (bicyclic) bond motifs is 1. The molecule has 1 heterocycles. The number of halogens is 1. The molecule has 3 nitrogen and oxygen atoms in total. The van der Waals surface area contributed by atoms with Gasteiger partial charge in [0.05, 0.1) is 12.5 Å². The lowest BCUT2D eigenvalue weighted by Crippen LogP contribution is -2.29. The third kappa shape index (κ3) is 4.16. The van der Waals surface area contributed by atoms with Gasteiger partial charge in [-0.05, 0) is 49.7 Å². The van der Waals surface area contributed by atoms with Gasteiger partial charge < -0.3 is 9.47 Å². The first-order chi connectivity index (χ1) is 12.1. The van der Waals surface area contributed by atoms with Gasteiger partial charge in [0.25, 0.3) is 0 Å². The van der Waals surface area contributed by atoms with Crippen molar-refractivity contribution in [2.24, 2.45) is 17.8 Å². The van der Waals surface area contributed by atoms with Gasteiger partial charge in [-0.3, -0.25) is 4.79 Å². The monoisotopic (exact) mass is 348 g/mol. The van der Waals surface area contributed by atoms with Gasteiger partial charge in [0, 0.05) is 0 Å². The summed E-state index contributed by atoms with van der Waals surface area (Å²) in [4.78, 5) is 12.3. The van der Waals surface area contributed by atoms with Crippen molar-refractivity contribution >= 4 is 5.97 Å². The Kier molecular flexibility index (Phi) is 5.98. The van der Waals surface area contributed by atoms with Crippen molar-refractivity contribution in [3.63, 3.8) is 0 Å². The van der Waals surface area contributed by atoms with E-state index in [4.69, 9.17) is 9.47 Å². The van der Waals surface area contributed by atoms with Gasteiger partial charge in [0.2, 0.25) is 5.82 Å². The summed E-state index contributed by atoms with van der Waals surface area (Å²) < 4.78 is 25.0. The molecule has 1 aliphatic heterocycles. The zero-order chi connectivity index (χ0) is 17.8. The Morgan fingerprint density at radius 1 is 1.12 bits per heavy atom. The van der Waals surface area contributed by atoms with E-state index >= 15 is 0 Å². The molecule has 25 heavy (non-hydrogen) atoms. The number of carbonyl (C=O) groups is 1. The number of benzene rings is 1. The van der Waals surface area contributed by atoms with Crippen LogP contribution in [-0.4, -0.2) is 12.6 Å². The van der Waals surface area contributed by atoms with Crippen molar-refractivity contribution in [1.82, 2.24) is 0 Å². The molecule has 1 aromatic rings. The molecule has 1 unspecified atom stereocenters. The second-order valence-electron chi connectivity index (χ2n) is 7.49. The van der Waals surface area contributed by atoms with Crippen LogP contribution in [0.4, 0.5) is 4.39 Å². The topological polar surface area (TPSA) is 35.5 Å². The molecule has 0 bridgehead atoms. The first-order valence-corrected chi connectivity index (χ1v) is 9.78. The van der Waals surface area contributed by atoms with Crippen LogP contribution >= 0.6 is 0 Å². The average molecular weight is 348 g/mol. The Balaban J connectivity index is 1.59. The van der Waals surface area contributed by atoms with Gasteiger partial charge in [-0.25, -0.2) is 0 Å². The molecular formula is C21H29FO3. The van der Waals surface area contributed by atoms with Crippen molar-refractivity contribution in [1.29, 1.82) is 0 Å². The zero-order valence-electron chi connectivity index (χ0n) is 15.4. The Labute approximate surface area is 149 Å². The van der Waals surface area contributed by atoms with Crippen LogP contribution in [0.1, 0.15) is 64.4 Å². The van der Waals surface area contributed by atoms with E-state index in [0.29, 0.717) is 13.0 Å². The molecule has 4 heteroatoms. The van der Waals surface area contributed by atoms with Crippen LogP contribution in [0.5, 0.6) is 11.5 Å². The molecule has 0 saturated heterocycles. The Morgan fingerprint density at radius 2 is 1.84 bits per heavy atom. The predicted octanol–water partition coefficient (Wildman–Crippen LogP) is 5.30. The number of carbonyl (C=O) groups excluding carboxylic acids is 1. The number of esters is 1. The fourth-order valence-corrected chi connectivity index (χ4v) is 4.23. The lowest BCUT2D eigenvalue weighted by Gasteiger charge is -2.29. The lowest BCUT2D eigenvalue weighted by atomic mass is 9.77. The summed E-state index contributed by atoms with van der Waals surface area (Å²) in [5.74, 6) is 0.857. The minimum atomic E-state index is -0.552. The number of hydrogen-bond donors (Lipinski definition) is 0. The molecule has 0 N–H and O–H groups in total. The highest BCUT2D eigenvalue weighted by atomic mass is 19.1. The molecule has 1 fully saturated rings. The Hall–Kier alpha value is -1.58. The van der Waals surface area contributed by atoms with Crippen molar-refractivity contribution in [3.05, 3.63) is 23.5 Å². The Morgan fingerprint density at radius 3 is 2.52 bits per heavy atom. The minimum Gasteiger partial charge on any atom is -0.491 e. The van der Waals surface area contributed by atoms with E-state index in [1.807, 2.05) is 6.07 Å². The summed E-state index contributed by atoms with van der Waals surface area (Å²) in [6.07, 6.45) is 8.98. The van der Waals surface area contributed by atoms with Crippen LogP contribution in [0.25, 0.3) is 0 Å². The highest BCUT2D eigenvalue weighted by molar-refractivity contribution is 5.78. The van der Waals surface area contributed by atoms with Crippen molar-refractivity contribution in [3.8, 4) is 11.5 Å². The molecule has 0 radical (unpaired) electrons. The molecule has 1 aliphatic carbocycles. The van der Waals surface area contributed by atoms with Gasteiger partial charge in [-0.1, -0.05) is 45.1 Å². The van der Waals surface area contributed by atoms with Gasteiger partial charge in [0.1, 0.15) is 0 Å². The second kappa shape index (κ2) is 8.20. The molecule has 0 aromatic heterocycles. The smallest absolute Gasteiger partial charge is 0.314 e. The normalized spacial score (nSPS) is 26.0. The Bertz CT molecular complexity index is 605. The molecule has 1 atom stereocenters. The van der Waals surface area contributed by atoms with Crippen LogP contribution in [0.3, 0.4) is 0 Å². The summed E-state index contributed by atoms with van der Waals surface area (Å²) in [5.41, 5.74) is 0.778. The van der Waals surface area contributed by atoms with Gasteiger partial charge >= 0.3 is 5.97 Å². The average Bonchev–Trinajstić information content (AvgIpc) is 2.63. The summed E-state index contributed by atoms with van der Waals surface area (Å²) in [7, 11) is 0. The van der Waals surface area contributed by atoms with Crippen molar-refractivity contribution in [2.75, 3.05) is 6.61 Å². The fourth-order valence-electron chi connectivity index (χ4n) is 4.23. The van der Waals surface area contributed by atoms with Crippen molar-refractivity contribution < 1.29 is 18.7 Å². The summed E-state index contributed by atoms with van der Waals surface area (Å²) >= 11 is 0. The molecular weight excluding hydrogens is 319 g/mol. The molecule has 2 aliphatic rings. The van der Waals surface area contributed by atoms with E-state index in [9.17, 15) is 9.18 Å². The molecule has 0 spiro atoms. The maximum absolute atomic E-state index is 14.4. The predicted molar refractivity (Wildman–Crippen MR) is 95.4 cm³/mol. The zero-order valence-corrected chi connectivity index (χ0v) is 15.4. The van der Waals surface area contributed by atoms with Gasteiger partial charge in [0.15, 0.2) is 11.5 Å². The lowest BCUT2D eigenvalue weighted by molar-refractivity contribution is -0.140. The minimum absolute atomic E-state index is 0.0654. The van der Waals surface area contributed by atoms with E-state index in [1.54, 1.807) is 13.0 Å². The first kappa shape index (κ1) is 18.2. The quantitative estimate of drug-likeness (QED) is 0.517. The molecule has 0 amide bonds. The summed E-state index contributed by atoms with van der Waals surface area (Å²) in [6.45, 7) is 4.46. The summed E-state index contributed by atoms with van der Waals surface area (Å²) in [6, 6.07) is 3.47. The third-order valence-corrected chi connectivity index (χ3v) is 5.91. The molecule has 3 rings (SSSR count). The largest absolute Gasteiger partial charge is 0.491 e.